The second-order valence-electron chi connectivity index (χ2n) is 4.84. The van der Waals surface area contributed by atoms with E-state index in [1.807, 2.05) is 20.8 Å². The van der Waals surface area contributed by atoms with E-state index in [4.69, 9.17) is 5.73 Å². The minimum atomic E-state index is -0.579. The number of nitrogens with one attached hydrogen (secondary N) is 1. The van der Waals surface area contributed by atoms with Crippen LogP contribution in [0.4, 0.5) is 5.69 Å². The first-order valence-electron chi connectivity index (χ1n) is 6.09. The lowest BCUT2D eigenvalue weighted by molar-refractivity contribution is -0.117. The van der Waals surface area contributed by atoms with Gasteiger partial charge in [-0.1, -0.05) is 13.8 Å². The summed E-state index contributed by atoms with van der Waals surface area (Å²) in [5.74, 6) is -0.393. The molecule has 5 nitrogen and oxygen atoms in total. The highest BCUT2D eigenvalue weighted by atomic mass is 32.1. The van der Waals surface area contributed by atoms with Gasteiger partial charge in [-0.3, -0.25) is 4.79 Å². The van der Waals surface area contributed by atoms with Gasteiger partial charge >= 0.3 is 5.97 Å². The molecule has 1 unspecified atom stereocenters. The number of hydrogen-bond acceptors (Lipinski definition) is 5. The Labute approximate surface area is 117 Å². The molecule has 1 amide bonds. The summed E-state index contributed by atoms with van der Waals surface area (Å²) < 4.78 is 4.69. The molecular weight excluding hydrogens is 264 g/mol. The molecule has 0 saturated carbocycles. The number of esters is 1. The van der Waals surface area contributed by atoms with Crippen LogP contribution in [0.5, 0.6) is 0 Å². The molecule has 3 N–H and O–H groups in total. The lowest BCUT2D eigenvalue weighted by Gasteiger charge is -2.14. The number of hydrogen-bond donors (Lipinski definition) is 2. The maximum Gasteiger partial charge on any atom is 0.350 e. The van der Waals surface area contributed by atoms with Crippen LogP contribution in [0.1, 0.15) is 35.5 Å². The van der Waals surface area contributed by atoms with Crippen molar-refractivity contribution in [2.24, 2.45) is 11.7 Å². The van der Waals surface area contributed by atoms with Crippen molar-refractivity contribution in [1.29, 1.82) is 0 Å². The van der Waals surface area contributed by atoms with Crippen LogP contribution >= 0.6 is 11.3 Å². The summed E-state index contributed by atoms with van der Waals surface area (Å²) in [4.78, 5) is 24.0. The molecule has 6 heteroatoms. The molecule has 0 bridgehead atoms. The standard InChI is InChI=1S/C13H20N2O3S/c1-7(2)5-9(14)12(16)15-10-8(3)6-19-11(10)13(17)18-4/h6-7,9H,5,14H2,1-4H3,(H,15,16). The quantitative estimate of drug-likeness (QED) is 0.812. The Morgan fingerprint density at radius 3 is 2.63 bits per heavy atom. The summed E-state index contributed by atoms with van der Waals surface area (Å²) >= 11 is 1.25. The molecule has 1 rings (SSSR count). The first-order chi connectivity index (χ1) is 8.86. The van der Waals surface area contributed by atoms with E-state index in [1.165, 1.54) is 18.4 Å². The average Bonchev–Trinajstić information content (AvgIpc) is 2.69. The zero-order chi connectivity index (χ0) is 14.6. The minimum Gasteiger partial charge on any atom is -0.465 e. The van der Waals surface area contributed by atoms with Crippen LogP contribution in [-0.4, -0.2) is 25.0 Å². The third-order valence-electron chi connectivity index (χ3n) is 2.66. The predicted octanol–water partition coefficient (Wildman–Crippen LogP) is 2.16. The Bertz CT molecular complexity index is 468. The zero-order valence-electron chi connectivity index (χ0n) is 11.6. The molecule has 1 aromatic heterocycles. The lowest BCUT2D eigenvalue weighted by atomic mass is 10.0. The molecule has 0 aliphatic rings. The first kappa shape index (κ1) is 15.7. The summed E-state index contributed by atoms with van der Waals surface area (Å²) in [5.41, 5.74) is 7.15. The number of amides is 1. The molecule has 0 saturated heterocycles. The van der Waals surface area contributed by atoms with Crippen molar-refractivity contribution in [3.63, 3.8) is 0 Å². The Kier molecular flexibility index (Phi) is 5.50. The largest absolute Gasteiger partial charge is 0.465 e. The monoisotopic (exact) mass is 284 g/mol. The van der Waals surface area contributed by atoms with E-state index < -0.39 is 12.0 Å². The maximum absolute atomic E-state index is 12.0. The minimum absolute atomic E-state index is 0.277. The number of nitrogens with two attached hydrogens (primary N) is 1. The van der Waals surface area contributed by atoms with Crippen molar-refractivity contribution in [2.75, 3.05) is 12.4 Å². The third kappa shape index (κ3) is 4.04. The molecule has 0 aromatic carbocycles. The van der Waals surface area contributed by atoms with E-state index in [0.717, 1.165) is 5.56 Å². The number of carbonyl (C=O) groups excluding carboxylic acids is 2. The number of thiophene rings is 1. The van der Waals surface area contributed by atoms with Gasteiger partial charge in [0, 0.05) is 0 Å². The van der Waals surface area contributed by atoms with Crippen molar-refractivity contribution in [2.45, 2.75) is 33.2 Å². The zero-order valence-corrected chi connectivity index (χ0v) is 12.5. The van der Waals surface area contributed by atoms with Crippen LogP contribution in [-0.2, 0) is 9.53 Å². The second-order valence-corrected chi connectivity index (χ2v) is 5.72. The van der Waals surface area contributed by atoms with E-state index in [-0.39, 0.29) is 5.91 Å². The topological polar surface area (TPSA) is 81.4 Å². The van der Waals surface area contributed by atoms with E-state index in [1.54, 1.807) is 5.38 Å². The highest BCUT2D eigenvalue weighted by molar-refractivity contribution is 7.12. The van der Waals surface area contributed by atoms with Crippen LogP contribution < -0.4 is 11.1 Å². The Hall–Kier alpha value is -1.40. The number of carbonyl (C=O) groups is 2. The molecule has 19 heavy (non-hydrogen) atoms. The number of rotatable bonds is 5. The summed E-state index contributed by atoms with van der Waals surface area (Å²) in [7, 11) is 1.31. The fraction of sp³-hybridized carbons (Fsp3) is 0.538. The van der Waals surface area contributed by atoms with Crippen molar-refractivity contribution < 1.29 is 14.3 Å². The smallest absolute Gasteiger partial charge is 0.350 e. The first-order valence-corrected chi connectivity index (χ1v) is 6.97. The van der Waals surface area contributed by atoms with Gasteiger partial charge in [0.1, 0.15) is 4.88 Å². The molecule has 106 valence electrons. The highest BCUT2D eigenvalue weighted by Gasteiger charge is 2.21. The van der Waals surface area contributed by atoms with Gasteiger partial charge in [0.15, 0.2) is 0 Å². The van der Waals surface area contributed by atoms with E-state index >= 15 is 0 Å². The Morgan fingerprint density at radius 2 is 2.11 bits per heavy atom. The fourth-order valence-electron chi connectivity index (χ4n) is 1.67. The maximum atomic E-state index is 12.0. The van der Waals surface area contributed by atoms with Gasteiger partial charge in [0.2, 0.25) is 5.91 Å². The molecule has 1 atom stereocenters. The van der Waals surface area contributed by atoms with Crippen LogP contribution in [0.25, 0.3) is 0 Å². The van der Waals surface area contributed by atoms with Crippen LogP contribution in [0.3, 0.4) is 0 Å². The van der Waals surface area contributed by atoms with Crippen LogP contribution in [0.2, 0.25) is 0 Å². The number of ether oxygens (including phenoxy) is 1. The Balaban J connectivity index is 2.84. The van der Waals surface area contributed by atoms with E-state index in [9.17, 15) is 9.59 Å². The highest BCUT2D eigenvalue weighted by Crippen LogP contribution is 2.28. The molecule has 0 radical (unpaired) electrons. The van der Waals surface area contributed by atoms with Crippen LogP contribution in [0, 0.1) is 12.8 Å². The molecular formula is C13H20N2O3S. The van der Waals surface area contributed by atoms with Crippen molar-refractivity contribution in [1.82, 2.24) is 0 Å². The molecule has 0 spiro atoms. The van der Waals surface area contributed by atoms with Crippen LogP contribution in [0.15, 0.2) is 5.38 Å². The van der Waals surface area contributed by atoms with Gasteiger partial charge in [-0.25, -0.2) is 4.79 Å². The number of anilines is 1. The second kappa shape index (κ2) is 6.68. The number of methoxy groups -OCH3 is 1. The molecule has 0 fully saturated rings. The molecule has 0 aliphatic carbocycles. The normalized spacial score (nSPS) is 12.3. The molecule has 0 aliphatic heterocycles. The summed E-state index contributed by atoms with van der Waals surface area (Å²) in [6, 6.07) is -0.579. The summed E-state index contributed by atoms with van der Waals surface area (Å²) in [6.07, 6.45) is 0.600. The van der Waals surface area contributed by atoms with E-state index in [2.05, 4.69) is 10.1 Å². The summed E-state index contributed by atoms with van der Waals surface area (Å²) in [5, 5.41) is 4.53. The van der Waals surface area contributed by atoms with Gasteiger partial charge < -0.3 is 15.8 Å². The van der Waals surface area contributed by atoms with Gasteiger partial charge in [0.25, 0.3) is 0 Å². The lowest BCUT2D eigenvalue weighted by Crippen LogP contribution is -2.37. The van der Waals surface area contributed by atoms with Crippen molar-refractivity contribution >= 4 is 28.9 Å². The Morgan fingerprint density at radius 1 is 1.47 bits per heavy atom. The fourth-order valence-corrected chi connectivity index (χ4v) is 2.60. The van der Waals surface area contributed by atoms with Gasteiger partial charge in [-0.15, -0.1) is 11.3 Å². The predicted molar refractivity (Wildman–Crippen MR) is 76.5 cm³/mol. The molecule has 1 aromatic rings. The van der Waals surface area contributed by atoms with Gasteiger partial charge in [-0.2, -0.15) is 0 Å². The van der Waals surface area contributed by atoms with E-state index in [0.29, 0.717) is 22.9 Å². The van der Waals surface area contributed by atoms with Crippen molar-refractivity contribution in [3.8, 4) is 0 Å². The SMILES string of the molecule is COC(=O)c1scc(C)c1NC(=O)C(N)CC(C)C. The average molecular weight is 284 g/mol. The molecule has 1 heterocycles. The van der Waals surface area contributed by atoms with Gasteiger partial charge in [0.05, 0.1) is 18.8 Å². The van der Waals surface area contributed by atoms with Crippen molar-refractivity contribution in [3.05, 3.63) is 15.8 Å². The summed E-state index contributed by atoms with van der Waals surface area (Å²) in [6.45, 7) is 5.83. The third-order valence-corrected chi connectivity index (χ3v) is 3.73. The van der Waals surface area contributed by atoms with Gasteiger partial charge in [-0.05, 0) is 30.2 Å². The number of aryl methyl sites for hydroxylation is 1.